The van der Waals surface area contributed by atoms with Crippen LogP contribution in [-0.4, -0.2) is 0 Å². The Labute approximate surface area is 77.2 Å². The predicted octanol–water partition coefficient (Wildman–Crippen LogP) is -3.00. The van der Waals surface area contributed by atoms with Gasteiger partial charge < -0.3 is 27.0 Å². The summed E-state index contributed by atoms with van der Waals surface area (Å²) in [6.45, 7) is 0. The minimum Gasteiger partial charge on any atom is -2.00 e. The average Bonchev–Trinajstić information content (AvgIpc) is 0. The van der Waals surface area contributed by atoms with Crippen LogP contribution < -0.4 is 29.6 Å². The Morgan fingerprint density at radius 3 is 0.750 bits per heavy atom. The molecule has 0 aliphatic rings. The molecule has 0 fully saturated rings. The summed E-state index contributed by atoms with van der Waals surface area (Å²) in [6.07, 6.45) is 0. The first-order valence-corrected chi connectivity index (χ1v) is 0. The van der Waals surface area contributed by atoms with Gasteiger partial charge in [0, 0.05) is 0 Å². The largest absolute Gasteiger partial charge is 4.00 e. The van der Waals surface area contributed by atoms with Gasteiger partial charge in [0.25, 0.3) is 0 Å². The fraction of sp³-hybridized carbons (Fsp3) is 0. The van der Waals surface area contributed by atoms with Crippen molar-refractivity contribution in [1.29, 1.82) is 0 Å². The first-order chi connectivity index (χ1) is 0. The van der Waals surface area contributed by atoms with Crippen molar-refractivity contribution in [2.45, 2.75) is 0 Å². The van der Waals surface area contributed by atoms with Crippen molar-refractivity contribution < 1.29 is 51.3 Å². The minimum absolute atomic E-state index is 0. The van der Waals surface area contributed by atoms with E-state index in [4.69, 9.17) is 0 Å². The van der Waals surface area contributed by atoms with Crippen molar-refractivity contribution in [3.05, 3.63) is 0 Å². The van der Waals surface area contributed by atoms with Gasteiger partial charge >= 0.3 is 51.3 Å². The third-order valence-corrected chi connectivity index (χ3v) is 0. The second kappa shape index (κ2) is 18.1. The number of rotatable bonds is 0. The van der Waals surface area contributed by atoms with Crippen LogP contribution in [-0.2, 0) is 48.7 Å². The molecule has 0 aromatic carbocycles. The van der Waals surface area contributed by atoms with Crippen molar-refractivity contribution in [2.75, 3.05) is 0 Å². The summed E-state index contributed by atoms with van der Waals surface area (Å²) in [6, 6.07) is 0. The summed E-state index contributed by atoms with van der Waals surface area (Å²) in [4.78, 5) is 0. The van der Waals surface area contributed by atoms with Crippen molar-refractivity contribution in [3.63, 3.8) is 0 Å². The topological polar surface area (TPSA) is 0 Å². The summed E-state index contributed by atoms with van der Waals surface area (Å²) in [5.74, 6) is 0. The third kappa shape index (κ3) is 8.83. The maximum absolute atomic E-state index is 0. The van der Waals surface area contributed by atoms with Gasteiger partial charge in [-0.3, -0.25) is 0 Å². The molecule has 0 aromatic rings. The molecule has 4 heavy (non-hydrogen) atoms. The molecule has 0 atom stereocenters. The van der Waals surface area contributed by atoms with Gasteiger partial charge in [-0.05, 0) is 0 Å². The Hall–Kier alpha value is 2.41. The first kappa shape index (κ1) is 32.3. The Kier molecular flexibility index (Phi) is 146. The number of hydrogen-bond acceptors (Lipinski definition) is 0. The van der Waals surface area contributed by atoms with E-state index in [1.165, 1.54) is 0 Å². The molecule has 0 radical (unpaired) electrons. The Morgan fingerprint density at radius 1 is 0.750 bits per heavy atom. The summed E-state index contributed by atoms with van der Waals surface area (Å²) in [7, 11) is 0. The van der Waals surface area contributed by atoms with E-state index in [1.54, 1.807) is 0 Å². The maximum Gasteiger partial charge on any atom is 4.00 e. The van der Waals surface area contributed by atoms with Crippen LogP contribution in [0.15, 0.2) is 0 Å². The molecule has 0 bridgehead atoms. The second-order valence-electron chi connectivity index (χ2n) is 0. The molecule has 0 saturated heterocycles. The molecular formula is NaS2Ti+. The van der Waals surface area contributed by atoms with E-state index in [9.17, 15) is 0 Å². The van der Waals surface area contributed by atoms with Gasteiger partial charge in [-0.1, -0.05) is 0 Å². The van der Waals surface area contributed by atoms with Crippen LogP contribution in [0.25, 0.3) is 0 Å². The quantitative estimate of drug-likeness (QED) is 0.310. The molecule has 0 rings (SSSR count). The smallest absolute Gasteiger partial charge is 2.00 e. The second-order valence-corrected chi connectivity index (χ2v) is 0. The molecule has 0 spiro atoms. The van der Waals surface area contributed by atoms with E-state index in [1.807, 2.05) is 0 Å². The van der Waals surface area contributed by atoms with E-state index in [-0.39, 0.29) is 78.3 Å². The normalized spacial score (nSPS) is 0. The van der Waals surface area contributed by atoms with Crippen molar-refractivity contribution >= 4 is 27.0 Å². The third-order valence-electron chi connectivity index (χ3n) is 0. The summed E-state index contributed by atoms with van der Waals surface area (Å²) in [5, 5.41) is 0. The van der Waals surface area contributed by atoms with Crippen LogP contribution in [0.3, 0.4) is 0 Å². The van der Waals surface area contributed by atoms with E-state index in [2.05, 4.69) is 0 Å². The van der Waals surface area contributed by atoms with Gasteiger partial charge in [0.15, 0.2) is 0 Å². The van der Waals surface area contributed by atoms with Gasteiger partial charge in [-0.2, -0.15) is 0 Å². The zero-order chi connectivity index (χ0) is 0. The van der Waals surface area contributed by atoms with Crippen molar-refractivity contribution in [1.82, 2.24) is 0 Å². The van der Waals surface area contributed by atoms with Gasteiger partial charge in [0.1, 0.15) is 0 Å². The molecule has 16 valence electrons. The molecule has 0 heterocycles. The molecule has 0 nitrogen and oxygen atoms in total. The number of hydrogen-bond donors (Lipinski definition) is 0. The van der Waals surface area contributed by atoms with E-state index in [0.717, 1.165) is 0 Å². The van der Waals surface area contributed by atoms with Crippen molar-refractivity contribution in [2.24, 2.45) is 0 Å². The molecule has 0 saturated carbocycles. The van der Waals surface area contributed by atoms with Crippen LogP contribution in [0.5, 0.6) is 0 Å². The van der Waals surface area contributed by atoms with Gasteiger partial charge in [0.05, 0.1) is 0 Å². The molecule has 0 aliphatic carbocycles. The molecular weight excluding hydrogens is 135 g/mol. The van der Waals surface area contributed by atoms with Gasteiger partial charge in [-0.15, -0.1) is 0 Å². The molecule has 4 heteroatoms. The van der Waals surface area contributed by atoms with Crippen LogP contribution >= 0.6 is 0 Å². The van der Waals surface area contributed by atoms with Crippen LogP contribution in [0.1, 0.15) is 0 Å². The fourth-order valence-corrected chi connectivity index (χ4v) is 0. The minimum atomic E-state index is 0. The van der Waals surface area contributed by atoms with E-state index >= 15 is 0 Å². The van der Waals surface area contributed by atoms with E-state index < -0.39 is 0 Å². The molecule has 0 aliphatic heterocycles. The van der Waals surface area contributed by atoms with Crippen LogP contribution in [0.2, 0.25) is 0 Å². The SMILES string of the molecule is [Na+].[S-2].[S-2].[Ti+4]. The fourth-order valence-electron chi connectivity index (χ4n) is 0. The van der Waals surface area contributed by atoms with Crippen LogP contribution in [0.4, 0.5) is 0 Å². The van der Waals surface area contributed by atoms with Gasteiger partial charge in [-0.25, -0.2) is 0 Å². The van der Waals surface area contributed by atoms with Crippen LogP contribution in [0, 0.1) is 0 Å². The summed E-state index contributed by atoms with van der Waals surface area (Å²) < 4.78 is 0. The van der Waals surface area contributed by atoms with E-state index in [0.29, 0.717) is 0 Å². The molecule has 0 amide bonds. The molecule has 0 unspecified atom stereocenters. The molecule has 0 aromatic heterocycles. The van der Waals surface area contributed by atoms with Gasteiger partial charge in [0.2, 0.25) is 0 Å². The molecule has 0 N–H and O–H groups in total. The Morgan fingerprint density at radius 2 is 0.750 bits per heavy atom. The summed E-state index contributed by atoms with van der Waals surface area (Å²) >= 11 is 0. The Balaban J connectivity index is 0. The Bertz CT molecular complexity index is 6.00. The van der Waals surface area contributed by atoms with Crippen molar-refractivity contribution in [3.8, 4) is 0 Å². The predicted molar refractivity (Wildman–Crippen MR) is 14.7 cm³/mol. The maximum atomic E-state index is 0. The zero-order valence-corrected chi connectivity index (χ0v) is 7.51. The zero-order valence-electron chi connectivity index (χ0n) is 2.32. The monoisotopic (exact) mass is 135 g/mol. The standard InChI is InChI=1S/Na.2S.Ti/q+1;2*-2;+4. The first-order valence-electron chi connectivity index (χ1n) is 0. The average molecular weight is 135 g/mol. The summed E-state index contributed by atoms with van der Waals surface area (Å²) in [5.41, 5.74) is 0.